The molecule has 6 nitrogen and oxygen atoms in total. The van der Waals surface area contributed by atoms with Crippen molar-refractivity contribution in [3.05, 3.63) is 41.7 Å². The first-order chi connectivity index (χ1) is 10.2. The number of hydrogen-bond donors (Lipinski definition) is 1. The van der Waals surface area contributed by atoms with Gasteiger partial charge in [-0.2, -0.15) is 0 Å². The summed E-state index contributed by atoms with van der Waals surface area (Å²) in [4.78, 5) is 14.2. The number of likely N-dealkylation sites (tertiary alicyclic amines) is 1. The van der Waals surface area contributed by atoms with Gasteiger partial charge in [-0.1, -0.05) is 22.9 Å². The van der Waals surface area contributed by atoms with Gasteiger partial charge in [-0.05, 0) is 37.9 Å². The molecule has 22 heavy (non-hydrogen) atoms. The molecule has 1 aromatic heterocycles. The number of nitrogens with two attached hydrogens (primary N) is 1. The highest BCUT2D eigenvalue weighted by atomic mass is 35.5. The zero-order valence-electron chi connectivity index (χ0n) is 12.5. The summed E-state index contributed by atoms with van der Waals surface area (Å²) >= 11 is 0. The van der Waals surface area contributed by atoms with Gasteiger partial charge in [-0.15, -0.1) is 17.5 Å². The van der Waals surface area contributed by atoms with Crippen molar-refractivity contribution >= 4 is 18.3 Å². The Morgan fingerprint density at radius 1 is 1.36 bits per heavy atom. The molecule has 118 valence electrons. The second-order valence-corrected chi connectivity index (χ2v) is 5.53. The fraction of sp³-hybridized carbons (Fsp3) is 0.400. The average Bonchev–Trinajstić information content (AvgIpc) is 3.16. The number of hydrogen-bond acceptors (Lipinski definition) is 4. The minimum atomic E-state index is -0.0655. The Bertz CT molecular complexity index is 640. The van der Waals surface area contributed by atoms with E-state index in [-0.39, 0.29) is 18.3 Å². The maximum absolute atomic E-state index is 12.4. The lowest BCUT2D eigenvalue weighted by molar-refractivity contribution is 0.0781. The van der Waals surface area contributed by atoms with Gasteiger partial charge in [0.25, 0.3) is 5.91 Å². The van der Waals surface area contributed by atoms with E-state index in [0.717, 1.165) is 18.7 Å². The molecule has 1 atom stereocenters. The van der Waals surface area contributed by atoms with Crippen molar-refractivity contribution < 1.29 is 4.79 Å². The van der Waals surface area contributed by atoms with Crippen LogP contribution in [0, 0.1) is 12.8 Å². The molecule has 1 aliphatic rings. The Labute approximate surface area is 135 Å². The summed E-state index contributed by atoms with van der Waals surface area (Å²) in [7, 11) is 0. The van der Waals surface area contributed by atoms with Crippen LogP contribution in [0.2, 0.25) is 0 Å². The van der Waals surface area contributed by atoms with E-state index < -0.39 is 0 Å². The van der Waals surface area contributed by atoms with Crippen LogP contribution >= 0.6 is 12.4 Å². The molecule has 1 aliphatic heterocycles. The second kappa shape index (κ2) is 6.89. The fourth-order valence-electron chi connectivity index (χ4n) is 2.56. The topological polar surface area (TPSA) is 77.0 Å². The third-order valence-electron chi connectivity index (χ3n) is 3.92. The van der Waals surface area contributed by atoms with E-state index in [1.165, 1.54) is 5.56 Å². The minimum absolute atomic E-state index is 0. The largest absolute Gasteiger partial charge is 0.337 e. The number of aryl methyl sites for hydroxylation is 1. The Kier molecular flexibility index (Phi) is 5.15. The molecule has 3 rings (SSSR count). The van der Waals surface area contributed by atoms with Gasteiger partial charge >= 0.3 is 0 Å². The summed E-state index contributed by atoms with van der Waals surface area (Å²) in [6.45, 7) is 4.12. The molecule has 2 N–H and O–H groups in total. The molecule has 1 unspecified atom stereocenters. The molecule has 0 saturated carbocycles. The quantitative estimate of drug-likeness (QED) is 0.927. The van der Waals surface area contributed by atoms with Crippen molar-refractivity contribution in [3.8, 4) is 5.69 Å². The van der Waals surface area contributed by atoms with E-state index >= 15 is 0 Å². The van der Waals surface area contributed by atoms with Crippen LogP contribution in [0.5, 0.6) is 0 Å². The molecule has 1 saturated heterocycles. The van der Waals surface area contributed by atoms with Gasteiger partial charge in [0.2, 0.25) is 0 Å². The first-order valence-electron chi connectivity index (χ1n) is 7.16. The molecule has 0 spiro atoms. The monoisotopic (exact) mass is 321 g/mol. The molecule has 0 bridgehead atoms. The summed E-state index contributed by atoms with van der Waals surface area (Å²) in [6.07, 6.45) is 2.65. The Balaban J connectivity index is 0.00000176. The maximum Gasteiger partial charge on any atom is 0.276 e. The molecular weight excluding hydrogens is 302 g/mol. The van der Waals surface area contributed by atoms with Gasteiger partial charge in [0.15, 0.2) is 5.69 Å². The SMILES string of the molecule is Cc1ccc(-n2cc(C(=O)N3CCC(CN)C3)nn2)cc1.Cl. The van der Waals surface area contributed by atoms with Gasteiger partial charge in [-0.25, -0.2) is 4.68 Å². The van der Waals surface area contributed by atoms with Crippen LogP contribution in [-0.4, -0.2) is 45.4 Å². The number of rotatable bonds is 3. The van der Waals surface area contributed by atoms with E-state index in [0.29, 0.717) is 24.7 Å². The zero-order valence-corrected chi connectivity index (χ0v) is 13.3. The molecule has 1 aromatic carbocycles. The summed E-state index contributed by atoms with van der Waals surface area (Å²) in [5.74, 6) is 0.338. The predicted molar refractivity (Wildman–Crippen MR) is 86.4 cm³/mol. The average molecular weight is 322 g/mol. The van der Waals surface area contributed by atoms with Crippen LogP contribution in [0.1, 0.15) is 22.5 Å². The van der Waals surface area contributed by atoms with E-state index in [1.807, 2.05) is 31.2 Å². The van der Waals surface area contributed by atoms with Crippen LogP contribution in [0.4, 0.5) is 0 Å². The smallest absolute Gasteiger partial charge is 0.276 e. The van der Waals surface area contributed by atoms with Crippen molar-refractivity contribution in [2.45, 2.75) is 13.3 Å². The molecule has 2 aromatic rings. The molecule has 0 radical (unpaired) electrons. The standard InChI is InChI=1S/C15H19N5O.ClH/c1-11-2-4-13(5-3-11)20-10-14(17-18-20)15(21)19-7-6-12(8-16)9-19;/h2-5,10,12H,6-9,16H2,1H3;1H. The number of carbonyl (C=O) groups excluding carboxylic acids is 1. The van der Waals surface area contributed by atoms with Crippen LogP contribution in [0.3, 0.4) is 0 Å². The van der Waals surface area contributed by atoms with Gasteiger partial charge < -0.3 is 10.6 Å². The normalized spacial score (nSPS) is 17.4. The lowest BCUT2D eigenvalue weighted by Crippen LogP contribution is -2.30. The van der Waals surface area contributed by atoms with Gasteiger partial charge in [0.05, 0.1) is 11.9 Å². The summed E-state index contributed by atoms with van der Waals surface area (Å²) in [5.41, 5.74) is 8.12. The lowest BCUT2D eigenvalue weighted by atomic mass is 10.1. The highest BCUT2D eigenvalue weighted by Crippen LogP contribution is 2.17. The molecule has 0 aliphatic carbocycles. The Hall–Kier alpha value is -1.92. The summed E-state index contributed by atoms with van der Waals surface area (Å²) in [5, 5.41) is 8.04. The maximum atomic E-state index is 12.4. The Morgan fingerprint density at radius 2 is 2.09 bits per heavy atom. The van der Waals surface area contributed by atoms with Crippen molar-refractivity contribution in [3.63, 3.8) is 0 Å². The van der Waals surface area contributed by atoms with Crippen LogP contribution in [-0.2, 0) is 0 Å². The zero-order chi connectivity index (χ0) is 14.8. The van der Waals surface area contributed by atoms with E-state index in [2.05, 4.69) is 10.3 Å². The lowest BCUT2D eigenvalue weighted by Gasteiger charge is -2.13. The van der Waals surface area contributed by atoms with Gasteiger partial charge in [0, 0.05) is 13.1 Å². The van der Waals surface area contributed by atoms with Crippen LogP contribution in [0.25, 0.3) is 5.69 Å². The molecule has 1 amide bonds. The van der Waals surface area contributed by atoms with E-state index in [9.17, 15) is 4.79 Å². The predicted octanol–water partition coefficient (Wildman–Crippen LogP) is 1.42. The number of carbonyl (C=O) groups is 1. The second-order valence-electron chi connectivity index (χ2n) is 5.53. The van der Waals surface area contributed by atoms with E-state index in [4.69, 9.17) is 5.73 Å². The summed E-state index contributed by atoms with van der Waals surface area (Å²) in [6, 6.07) is 7.92. The number of nitrogens with zero attached hydrogens (tertiary/aromatic N) is 4. The minimum Gasteiger partial charge on any atom is -0.337 e. The van der Waals surface area contributed by atoms with Crippen molar-refractivity contribution in [2.24, 2.45) is 11.7 Å². The fourth-order valence-corrected chi connectivity index (χ4v) is 2.56. The number of halogens is 1. The molecule has 7 heteroatoms. The molecule has 2 heterocycles. The summed E-state index contributed by atoms with van der Waals surface area (Å²) < 4.78 is 1.63. The van der Waals surface area contributed by atoms with Crippen molar-refractivity contribution in [2.75, 3.05) is 19.6 Å². The third kappa shape index (κ3) is 3.28. The highest BCUT2D eigenvalue weighted by molar-refractivity contribution is 5.92. The van der Waals surface area contributed by atoms with Gasteiger partial charge in [-0.3, -0.25) is 4.79 Å². The number of aromatic nitrogens is 3. The van der Waals surface area contributed by atoms with Crippen LogP contribution in [0.15, 0.2) is 30.5 Å². The number of amides is 1. The first-order valence-corrected chi connectivity index (χ1v) is 7.16. The van der Waals surface area contributed by atoms with Crippen LogP contribution < -0.4 is 5.73 Å². The van der Waals surface area contributed by atoms with Gasteiger partial charge in [0.1, 0.15) is 0 Å². The van der Waals surface area contributed by atoms with E-state index in [1.54, 1.807) is 15.8 Å². The molecule has 1 fully saturated rings. The highest BCUT2D eigenvalue weighted by Gasteiger charge is 2.27. The van der Waals surface area contributed by atoms with Crippen molar-refractivity contribution in [1.82, 2.24) is 19.9 Å². The molecular formula is C15H20ClN5O. The third-order valence-corrected chi connectivity index (χ3v) is 3.92. The van der Waals surface area contributed by atoms with Crippen molar-refractivity contribution in [1.29, 1.82) is 0 Å². The first kappa shape index (κ1) is 16.5. The number of benzene rings is 1. The Morgan fingerprint density at radius 3 is 2.73 bits per heavy atom.